The number of nitrogens with zero attached hydrogens (tertiary/aromatic N) is 2. The van der Waals surface area contributed by atoms with Gasteiger partial charge in [0.15, 0.2) is 11.4 Å². The van der Waals surface area contributed by atoms with Gasteiger partial charge in [0.05, 0.1) is 13.1 Å². The lowest BCUT2D eigenvalue weighted by molar-refractivity contribution is 0.463. The van der Waals surface area contributed by atoms with Gasteiger partial charge in [-0.15, -0.1) is 0 Å². The Kier molecular flexibility index (Phi) is 3.52. The molecule has 0 spiro atoms. The van der Waals surface area contributed by atoms with Crippen molar-refractivity contribution >= 4 is 21.5 Å². The van der Waals surface area contributed by atoms with Crippen LogP contribution in [0.5, 0.6) is 0 Å². The van der Waals surface area contributed by atoms with Gasteiger partial charge < -0.3 is 4.55 Å². The average molecular weight is 249 g/mol. The normalized spacial score (nSPS) is 10.9. The van der Waals surface area contributed by atoms with Crippen LogP contribution in [-0.4, -0.2) is 13.0 Å². The van der Waals surface area contributed by atoms with Crippen molar-refractivity contribution in [2.24, 2.45) is 0 Å². The molecular formula is C11H9N2O3S-. The highest BCUT2D eigenvalue weighted by atomic mass is 32.2. The van der Waals surface area contributed by atoms with E-state index in [-0.39, 0.29) is 17.3 Å². The van der Waals surface area contributed by atoms with E-state index in [0.717, 1.165) is 12.1 Å². The predicted molar refractivity (Wildman–Crippen MR) is 61.0 cm³/mol. The molecule has 0 aliphatic carbocycles. The molecule has 0 fully saturated rings. The van der Waals surface area contributed by atoms with Gasteiger partial charge in [-0.25, -0.2) is 18.1 Å². The molecule has 0 saturated heterocycles. The molecule has 0 N–H and O–H groups in total. The molecule has 0 amide bonds. The first kappa shape index (κ1) is 13.2. The summed E-state index contributed by atoms with van der Waals surface area (Å²) < 4.78 is 32.7. The smallest absolute Gasteiger partial charge is 0.181 e. The van der Waals surface area contributed by atoms with E-state index >= 15 is 0 Å². The molecule has 0 aromatic heterocycles. The number of hydrogen-bond acceptors (Lipinski definition) is 3. The summed E-state index contributed by atoms with van der Waals surface area (Å²) in [5, 5.41) is 0. The zero-order valence-corrected chi connectivity index (χ0v) is 10.1. The predicted octanol–water partition coefficient (Wildman–Crippen LogP) is 2.82. The summed E-state index contributed by atoms with van der Waals surface area (Å²) in [4.78, 5) is 5.83. The lowest BCUT2D eigenvalue weighted by Gasteiger charge is -2.14. The second kappa shape index (κ2) is 4.54. The minimum Gasteiger partial charge on any atom is -0.744 e. The van der Waals surface area contributed by atoms with E-state index in [1.165, 1.54) is 0 Å². The first-order valence-corrected chi connectivity index (χ1v) is 6.10. The Bertz CT molecular complexity index is 599. The lowest BCUT2D eigenvalue weighted by atomic mass is 9.99. The van der Waals surface area contributed by atoms with Crippen LogP contribution in [0.3, 0.4) is 0 Å². The van der Waals surface area contributed by atoms with Crippen molar-refractivity contribution in [3.63, 3.8) is 0 Å². The van der Waals surface area contributed by atoms with Gasteiger partial charge in [0, 0.05) is 4.90 Å². The summed E-state index contributed by atoms with van der Waals surface area (Å²) in [7, 11) is -4.65. The molecule has 1 aromatic rings. The minimum atomic E-state index is -4.65. The molecular weight excluding hydrogens is 240 g/mol. The first-order chi connectivity index (χ1) is 7.81. The molecule has 5 nitrogen and oxygen atoms in total. The highest BCUT2D eigenvalue weighted by Crippen LogP contribution is 2.38. The molecule has 0 bridgehead atoms. The zero-order valence-electron chi connectivity index (χ0n) is 9.26. The van der Waals surface area contributed by atoms with Crippen molar-refractivity contribution < 1.29 is 13.0 Å². The quantitative estimate of drug-likeness (QED) is 0.598. The van der Waals surface area contributed by atoms with Crippen LogP contribution in [0.15, 0.2) is 17.0 Å². The van der Waals surface area contributed by atoms with Crippen molar-refractivity contribution in [2.45, 2.75) is 24.7 Å². The summed E-state index contributed by atoms with van der Waals surface area (Å²) in [6, 6.07) is 2.05. The Balaban J connectivity index is 3.71. The first-order valence-electron chi connectivity index (χ1n) is 4.70. The summed E-state index contributed by atoms with van der Waals surface area (Å²) in [5.74, 6) is -0.0911. The van der Waals surface area contributed by atoms with Crippen LogP contribution < -0.4 is 0 Å². The second-order valence-electron chi connectivity index (χ2n) is 3.71. The standard InChI is InChI=1S/C11H10N2O3S/c1-7(2)11-9(12-3)5-8(17(14,15)16)6-10(11)13-4/h5-7H,1-2H3,(H,14,15,16)/p-1. The fourth-order valence-corrected chi connectivity index (χ4v) is 2.03. The topological polar surface area (TPSA) is 65.9 Å². The minimum absolute atomic E-state index is 0.0444. The SMILES string of the molecule is [C-]#[N+]c1cc(S(=O)(=O)[O-])cc([N+]#[C-])c1C(C)C. The maximum Gasteiger partial charge on any atom is 0.181 e. The van der Waals surface area contributed by atoms with E-state index in [9.17, 15) is 13.0 Å². The van der Waals surface area contributed by atoms with E-state index in [4.69, 9.17) is 13.1 Å². The second-order valence-corrected chi connectivity index (χ2v) is 5.09. The number of rotatable bonds is 2. The molecule has 1 rings (SSSR count). The van der Waals surface area contributed by atoms with Gasteiger partial charge in [-0.05, 0) is 23.6 Å². The zero-order chi connectivity index (χ0) is 13.2. The Hall–Kier alpha value is -1.89. The van der Waals surface area contributed by atoms with Crippen molar-refractivity contribution in [3.05, 3.63) is 40.5 Å². The molecule has 0 heterocycles. The molecule has 0 radical (unpaired) electrons. The van der Waals surface area contributed by atoms with Crippen molar-refractivity contribution in [1.82, 2.24) is 0 Å². The van der Waals surface area contributed by atoms with Crippen LogP contribution in [-0.2, 0) is 10.1 Å². The van der Waals surface area contributed by atoms with E-state index in [2.05, 4.69) is 9.69 Å². The fraction of sp³-hybridized carbons (Fsp3) is 0.273. The van der Waals surface area contributed by atoms with Gasteiger partial charge in [0.1, 0.15) is 10.1 Å². The van der Waals surface area contributed by atoms with Gasteiger partial charge in [0.25, 0.3) is 0 Å². The molecule has 0 aliphatic rings. The summed E-state index contributed by atoms with van der Waals surface area (Å²) in [5.41, 5.74) is 0.563. The van der Waals surface area contributed by atoms with Crippen molar-refractivity contribution in [2.75, 3.05) is 0 Å². The maximum atomic E-state index is 10.9. The molecule has 6 heteroatoms. The number of benzene rings is 1. The Morgan fingerprint density at radius 1 is 1.18 bits per heavy atom. The van der Waals surface area contributed by atoms with Crippen LogP contribution in [0.1, 0.15) is 25.3 Å². The third-order valence-corrected chi connectivity index (χ3v) is 3.03. The molecule has 17 heavy (non-hydrogen) atoms. The number of hydrogen-bond donors (Lipinski definition) is 0. The monoisotopic (exact) mass is 249 g/mol. The van der Waals surface area contributed by atoms with Gasteiger partial charge in [-0.3, -0.25) is 0 Å². The van der Waals surface area contributed by atoms with Gasteiger partial charge in [0.2, 0.25) is 0 Å². The highest BCUT2D eigenvalue weighted by Gasteiger charge is 2.16. The Morgan fingerprint density at radius 2 is 1.59 bits per heavy atom. The Morgan fingerprint density at radius 3 is 1.82 bits per heavy atom. The van der Waals surface area contributed by atoms with Crippen LogP contribution in [0.2, 0.25) is 0 Å². The highest BCUT2D eigenvalue weighted by molar-refractivity contribution is 7.85. The van der Waals surface area contributed by atoms with Gasteiger partial charge in [-0.2, -0.15) is 0 Å². The van der Waals surface area contributed by atoms with E-state index in [0.29, 0.717) is 5.56 Å². The molecule has 1 aromatic carbocycles. The third-order valence-electron chi connectivity index (χ3n) is 2.22. The van der Waals surface area contributed by atoms with Gasteiger partial charge in [-0.1, -0.05) is 13.8 Å². The molecule has 0 atom stereocenters. The maximum absolute atomic E-state index is 10.9. The van der Waals surface area contributed by atoms with Crippen LogP contribution in [0.4, 0.5) is 11.4 Å². The molecule has 0 aliphatic heterocycles. The molecule has 0 saturated carbocycles. The molecule has 0 unspecified atom stereocenters. The van der Waals surface area contributed by atoms with Crippen molar-refractivity contribution in [3.8, 4) is 0 Å². The van der Waals surface area contributed by atoms with Crippen LogP contribution >= 0.6 is 0 Å². The molecule has 88 valence electrons. The summed E-state index contributed by atoms with van der Waals surface area (Å²) in [6.45, 7) is 17.5. The fourth-order valence-electron chi connectivity index (χ4n) is 1.52. The third kappa shape index (κ3) is 2.62. The van der Waals surface area contributed by atoms with Crippen molar-refractivity contribution in [1.29, 1.82) is 0 Å². The van der Waals surface area contributed by atoms with Gasteiger partial charge >= 0.3 is 0 Å². The van der Waals surface area contributed by atoms with Crippen LogP contribution in [0.25, 0.3) is 9.69 Å². The largest absolute Gasteiger partial charge is 0.744 e. The Labute approximate surface area is 100 Å². The summed E-state index contributed by atoms with van der Waals surface area (Å²) in [6.07, 6.45) is 0. The van der Waals surface area contributed by atoms with E-state index < -0.39 is 15.0 Å². The summed E-state index contributed by atoms with van der Waals surface area (Å²) >= 11 is 0. The average Bonchev–Trinajstić information content (AvgIpc) is 2.25. The van der Waals surface area contributed by atoms with Crippen LogP contribution in [0, 0.1) is 13.1 Å². The van der Waals surface area contributed by atoms with E-state index in [1.807, 2.05) is 0 Å². The van der Waals surface area contributed by atoms with E-state index in [1.54, 1.807) is 13.8 Å². The lowest BCUT2D eigenvalue weighted by Crippen LogP contribution is -1.99.